The molecule has 3 N–H and O–H groups in total. The van der Waals surface area contributed by atoms with Crippen molar-refractivity contribution >= 4 is 11.7 Å². The molecule has 2 aromatic carbocycles. The third kappa shape index (κ3) is 6.77. The zero-order chi connectivity index (χ0) is 33.4. The average molecular weight is 648 g/mol. The van der Waals surface area contributed by atoms with Gasteiger partial charge in [0.2, 0.25) is 0 Å². The zero-order valence-electron chi connectivity index (χ0n) is 28.8. The first-order valence-electron chi connectivity index (χ1n) is 17.5. The fourth-order valence-corrected chi connectivity index (χ4v) is 7.83. The highest BCUT2D eigenvalue weighted by atomic mass is 16.5. The second-order valence-electron chi connectivity index (χ2n) is 14.7. The summed E-state index contributed by atoms with van der Waals surface area (Å²) in [7, 11) is 4.08. The lowest BCUT2D eigenvalue weighted by atomic mass is 9.70. The molecule has 2 fully saturated rings. The summed E-state index contributed by atoms with van der Waals surface area (Å²) in [5.74, 6) is -0.00768. The number of rotatable bonds is 8. The average Bonchev–Trinajstić information content (AvgIpc) is 3.73. The van der Waals surface area contributed by atoms with Crippen LogP contribution < -0.4 is 11.1 Å². The highest BCUT2D eigenvalue weighted by Gasteiger charge is 2.36. The number of ether oxygens (including phenoxy) is 1. The molecule has 2 aliphatic carbocycles. The van der Waals surface area contributed by atoms with E-state index in [0.29, 0.717) is 18.2 Å². The predicted molar refractivity (Wildman–Crippen MR) is 190 cm³/mol. The van der Waals surface area contributed by atoms with Gasteiger partial charge in [0.15, 0.2) is 0 Å². The third-order valence-corrected chi connectivity index (χ3v) is 10.9. The van der Waals surface area contributed by atoms with Crippen molar-refractivity contribution in [2.45, 2.75) is 76.2 Å². The number of hydrogen-bond donors (Lipinski definition) is 2. The Labute approximate surface area is 284 Å². The minimum Gasteiger partial charge on any atom is -0.383 e. The molecular weight excluding hydrogens is 598 g/mol. The number of benzene rings is 2. The highest BCUT2D eigenvalue weighted by Crippen LogP contribution is 2.45. The Balaban J connectivity index is 0.990. The number of nitrogens with zero attached hydrogens (tertiary/aromatic N) is 5. The molecule has 3 atom stereocenters. The van der Waals surface area contributed by atoms with Gasteiger partial charge in [0, 0.05) is 62.8 Å². The van der Waals surface area contributed by atoms with Gasteiger partial charge in [-0.2, -0.15) is 5.10 Å². The van der Waals surface area contributed by atoms with Gasteiger partial charge in [-0.1, -0.05) is 56.3 Å². The van der Waals surface area contributed by atoms with E-state index >= 15 is 0 Å². The van der Waals surface area contributed by atoms with Gasteiger partial charge in [-0.15, -0.1) is 0 Å². The number of nitrogens with two attached hydrogens (primary N) is 1. The molecule has 0 bridgehead atoms. The lowest BCUT2D eigenvalue weighted by Crippen LogP contribution is -2.47. The number of amides is 1. The van der Waals surface area contributed by atoms with Crippen LogP contribution in [0.5, 0.6) is 0 Å². The van der Waals surface area contributed by atoms with Crippen molar-refractivity contribution in [3.8, 4) is 22.3 Å². The molecule has 7 rings (SSSR count). The Bertz CT molecular complexity index is 1760. The van der Waals surface area contributed by atoms with E-state index in [-0.39, 0.29) is 29.3 Å². The number of aryl methyl sites for hydroxylation is 1. The first kappa shape index (κ1) is 32.5. The summed E-state index contributed by atoms with van der Waals surface area (Å²) >= 11 is 0. The lowest BCUT2D eigenvalue weighted by Gasteiger charge is -2.44. The maximum atomic E-state index is 13.3. The van der Waals surface area contributed by atoms with E-state index in [2.05, 4.69) is 88.6 Å². The van der Waals surface area contributed by atoms with Crippen LogP contribution in [0.2, 0.25) is 0 Å². The Morgan fingerprint density at radius 1 is 0.938 bits per heavy atom. The van der Waals surface area contributed by atoms with Crippen molar-refractivity contribution in [3.63, 3.8) is 0 Å². The standard InChI is InChI=1S/C39H49N7O2/c1-39(2)15-14-35(46-18-16-44(3)17-19-46)31-13-12-28(21-33(31)39)27-10-8-26(9-11-27)25-48-36-7-5-6-34(36)43-38(47)32-20-29(22-41-37(32)40)30-23-42-45(4)24-30/h8-13,20-24,34-36H,5-7,14-19,25H2,1-4H3,(H2,40,41)(H,43,47)/t34-,35?,36-/m0/s1. The molecule has 9 nitrogen and oxygen atoms in total. The molecule has 9 heteroatoms. The maximum Gasteiger partial charge on any atom is 0.255 e. The van der Waals surface area contributed by atoms with Gasteiger partial charge in [-0.05, 0) is 78.5 Å². The van der Waals surface area contributed by atoms with Crippen LogP contribution in [-0.4, -0.2) is 75.8 Å². The summed E-state index contributed by atoms with van der Waals surface area (Å²) in [6, 6.07) is 18.2. The van der Waals surface area contributed by atoms with Gasteiger partial charge in [-0.25, -0.2) is 4.98 Å². The van der Waals surface area contributed by atoms with Gasteiger partial charge >= 0.3 is 0 Å². The number of carbonyl (C=O) groups excluding carboxylic acids is 1. The predicted octanol–water partition coefficient (Wildman–Crippen LogP) is 5.96. The summed E-state index contributed by atoms with van der Waals surface area (Å²) in [6.45, 7) is 9.89. The van der Waals surface area contributed by atoms with Crippen molar-refractivity contribution in [1.29, 1.82) is 0 Å². The molecule has 2 aromatic heterocycles. The second kappa shape index (κ2) is 13.5. The van der Waals surface area contributed by atoms with Crippen molar-refractivity contribution in [3.05, 3.63) is 89.4 Å². The number of carbonyl (C=O) groups is 1. The molecule has 4 aromatic rings. The topological polar surface area (TPSA) is 102 Å². The zero-order valence-corrected chi connectivity index (χ0v) is 28.8. The summed E-state index contributed by atoms with van der Waals surface area (Å²) in [6.07, 6.45) is 10.5. The Morgan fingerprint density at radius 2 is 1.71 bits per heavy atom. The number of piperazine rings is 1. The third-order valence-electron chi connectivity index (χ3n) is 10.9. The molecule has 1 unspecified atom stereocenters. The van der Waals surface area contributed by atoms with Crippen molar-refractivity contribution in [1.82, 2.24) is 29.9 Å². The number of nitrogens with one attached hydrogen (secondary N) is 1. The van der Waals surface area contributed by atoms with Crippen LogP contribution in [0.3, 0.4) is 0 Å². The minimum absolute atomic E-state index is 0.0551. The molecule has 1 aliphatic heterocycles. The number of anilines is 1. The van der Waals surface area contributed by atoms with Crippen LogP contribution in [0.1, 0.15) is 79.0 Å². The fraction of sp³-hybridized carbons (Fsp3) is 0.462. The Morgan fingerprint density at radius 3 is 2.46 bits per heavy atom. The van der Waals surface area contributed by atoms with E-state index in [4.69, 9.17) is 10.5 Å². The van der Waals surface area contributed by atoms with Crippen molar-refractivity contribution in [2.24, 2.45) is 7.05 Å². The van der Waals surface area contributed by atoms with Crippen LogP contribution >= 0.6 is 0 Å². The number of likely N-dealkylation sites (N-methyl/N-ethyl adjacent to an activating group) is 1. The van der Waals surface area contributed by atoms with Gasteiger partial charge in [0.1, 0.15) is 5.82 Å². The van der Waals surface area contributed by atoms with Crippen LogP contribution in [0.25, 0.3) is 22.3 Å². The quantitative estimate of drug-likeness (QED) is 0.244. The normalized spacial score (nSPS) is 22.8. The molecule has 1 amide bonds. The van der Waals surface area contributed by atoms with Crippen LogP contribution in [-0.2, 0) is 23.8 Å². The Hall–Kier alpha value is -4.05. The van der Waals surface area contributed by atoms with E-state index in [9.17, 15) is 4.79 Å². The largest absolute Gasteiger partial charge is 0.383 e. The van der Waals surface area contributed by atoms with Crippen molar-refractivity contribution < 1.29 is 9.53 Å². The van der Waals surface area contributed by atoms with Crippen LogP contribution in [0.4, 0.5) is 5.82 Å². The first-order chi connectivity index (χ1) is 23.1. The van der Waals surface area contributed by atoms with E-state index < -0.39 is 0 Å². The summed E-state index contributed by atoms with van der Waals surface area (Å²) in [5, 5.41) is 7.41. The van der Waals surface area contributed by atoms with Crippen LogP contribution in [0, 0.1) is 0 Å². The molecule has 252 valence electrons. The molecular formula is C39H49N7O2. The highest BCUT2D eigenvalue weighted by molar-refractivity contribution is 5.99. The smallest absolute Gasteiger partial charge is 0.255 e. The number of aromatic nitrogens is 3. The number of pyridine rings is 1. The molecule has 48 heavy (non-hydrogen) atoms. The van der Waals surface area contributed by atoms with Gasteiger partial charge in [0.05, 0.1) is 30.5 Å². The lowest BCUT2D eigenvalue weighted by molar-refractivity contribution is 0.0272. The van der Waals surface area contributed by atoms with Gasteiger partial charge in [0.25, 0.3) is 5.91 Å². The van der Waals surface area contributed by atoms with E-state index in [0.717, 1.165) is 62.1 Å². The number of hydrogen-bond acceptors (Lipinski definition) is 7. The van der Waals surface area contributed by atoms with Gasteiger partial charge < -0.3 is 20.7 Å². The molecule has 1 saturated carbocycles. The van der Waals surface area contributed by atoms with E-state index in [1.54, 1.807) is 23.1 Å². The Kier molecular flexibility index (Phi) is 9.11. The van der Waals surface area contributed by atoms with E-state index in [1.165, 1.54) is 35.1 Å². The van der Waals surface area contributed by atoms with E-state index in [1.807, 2.05) is 13.2 Å². The number of nitrogen functional groups attached to an aromatic ring is 1. The monoisotopic (exact) mass is 647 g/mol. The van der Waals surface area contributed by atoms with Gasteiger partial charge in [-0.3, -0.25) is 14.4 Å². The first-order valence-corrected chi connectivity index (χ1v) is 17.5. The summed E-state index contributed by atoms with van der Waals surface area (Å²) in [5.41, 5.74) is 15.0. The fourth-order valence-electron chi connectivity index (χ4n) is 7.83. The molecule has 0 spiro atoms. The molecule has 3 aliphatic rings. The number of fused-ring (bicyclic) bond motifs is 1. The van der Waals surface area contributed by atoms with Crippen LogP contribution in [0.15, 0.2) is 67.1 Å². The molecule has 3 heterocycles. The molecule has 0 radical (unpaired) electrons. The maximum absolute atomic E-state index is 13.3. The summed E-state index contributed by atoms with van der Waals surface area (Å²) in [4.78, 5) is 22.8. The molecule has 1 saturated heterocycles. The second-order valence-corrected chi connectivity index (χ2v) is 14.7. The minimum atomic E-state index is -0.223. The summed E-state index contributed by atoms with van der Waals surface area (Å²) < 4.78 is 8.13. The SMILES string of the molecule is CN1CCN(C2CCC(C)(C)c3cc(-c4ccc(CO[C@H]5CCC[C@@H]5NC(=O)c5cc(-c6cnn(C)c6)cnc5N)cc4)ccc32)CC1. The van der Waals surface area contributed by atoms with Crippen molar-refractivity contribution in [2.75, 3.05) is 39.0 Å².